The number of benzene rings is 1. The van der Waals surface area contributed by atoms with Crippen LogP contribution in [0.4, 0.5) is 5.69 Å². The van der Waals surface area contributed by atoms with E-state index in [1.165, 1.54) is 0 Å². The quantitative estimate of drug-likeness (QED) is 0.935. The molecule has 1 heterocycles. The number of anilines is 1. The molecule has 1 aromatic carbocycles. The Morgan fingerprint density at radius 2 is 1.86 bits per heavy atom. The summed E-state index contributed by atoms with van der Waals surface area (Å²) in [6, 6.07) is 7.25. The molecule has 5 heteroatoms. The van der Waals surface area contributed by atoms with Crippen molar-refractivity contribution in [1.29, 1.82) is 0 Å². The average molecular weight is 307 g/mol. The van der Waals surface area contributed by atoms with Crippen LogP contribution >= 0.6 is 12.4 Å². The smallest absolute Gasteiger partial charge is 0.255 e. The van der Waals surface area contributed by atoms with Crippen LogP contribution in [0.15, 0.2) is 36.7 Å². The van der Waals surface area contributed by atoms with Crippen LogP contribution in [0.25, 0.3) is 0 Å². The van der Waals surface area contributed by atoms with Gasteiger partial charge in [-0.05, 0) is 56.2 Å². The van der Waals surface area contributed by atoms with E-state index < -0.39 is 0 Å². The maximum absolute atomic E-state index is 12.1. The molecular weight excluding hydrogens is 288 g/mol. The third-order valence-electron chi connectivity index (χ3n) is 3.01. The Morgan fingerprint density at radius 1 is 1.19 bits per heavy atom. The third kappa shape index (κ3) is 4.20. The summed E-state index contributed by atoms with van der Waals surface area (Å²) in [6.07, 6.45) is 3.20. The maximum atomic E-state index is 12.1. The number of nitrogens with zero attached hydrogens (tertiary/aromatic N) is 1. The van der Waals surface area contributed by atoms with Gasteiger partial charge in [-0.15, -0.1) is 12.4 Å². The minimum atomic E-state index is -0.140. The Labute approximate surface area is 131 Å². The van der Waals surface area contributed by atoms with Crippen LogP contribution in [0, 0.1) is 13.8 Å². The normalized spacial score (nSPS) is 9.67. The summed E-state index contributed by atoms with van der Waals surface area (Å²) >= 11 is 0. The number of aryl methyl sites for hydroxylation is 2. The zero-order chi connectivity index (χ0) is 14.5. The van der Waals surface area contributed by atoms with Crippen molar-refractivity contribution in [2.45, 2.75) is 20.8 Å². The molecular formula is C16H19ClN2O2. The van der Waals surface area contributed by atoms with E-state index in [0.29, 0.717) is 12.2 Å². The molecule has 0 fully saturated rings. The van der Waals surface area contributed by atoms with Crippen LogP contribution < -0.4 is 10.1 Å². The highest BCUT2D eigenvalue weighted by Crippen LogP contribution is 2.26. The second-order valence-electron chi connectivity index (χ2n) is 4.56. The number of amides is 1. The van der Waals surface area contributed by atoms with E-state index in [1.54, 1.807) is 24.5 Å². The van der Waals surface area contributed by atoms with Crippen molar-refractivity contribution in [3.63, 3.8) is 0 Å². The molecule has 0 aliphatic heterocycles. The Balaban J connectivity index is 0.00000220. The minimum Gasteiger partial charge on any atom is -0.494 e. The van der Waals surface area contributed by atoms with E-state index in [1.807, 2.05) is 32.9 Å². The summed E-state index contributed by atoms with van der Waals surface area (Å²) in [7, 11) is 0. The average Bonchev–Trinajstić information content (AvgIpc) is 2.45. The minimum absolute atomic E-state index is 0. The molecule has 2 rings (SSSR count). The summed E-state index contributed by atoms with van der Waals surface area (Å²) in [5.41, 5.74) is 3.36. The Kier molecular flexibility index (Phi) is 6.18. The van der Waals surface area contributed by atoms with Crippen molar-refractivity contribution in [3.8, 4) is 5.75 Å². The molecule has 0 atom stereocenters. The van der Waals surface area contributed by atoms with E-state index in [4.69, 9.17) is 4.74 Å². The highest BCUT2D eigenvalue weighted by atomic mass is 35.5. The van der Waals surface area contributed by atoms with E-state index in [-0.39, 0.29) is 18.3 Å². The van der Waals surface area contributed by atoms with Crippen LogP contribution in [0.2, 0.25) is 0 Å². The number of carbonyl (C=O) groups is 1. The fourth-order valence-corrected chi connectivity index (χ4v) is 1.93. The van der Waals surface area contributed by atoms with Crippen molar-refractivity contribution >= 4 is 24.0 Å². The van der Waals surface area contributed by atoms with Crippen LogP contribution in [0.5, 0.6) is 5.75 Å². The topological polar surface area (TPSA) is 51.2 Å². The van der Waals surface area contributed by atoms with Gasteiger partial charge in [0.15, 0.2) is 0 Å². The van der Waals surface area contributed by atoms with E-state index in [0.717, 1.165) is 22.6 Å². The monoisotopic (exact) mass is 306 g/mol. The molecule has 0 bridgehead atoms. The van der Waals surface area contributed by atoms with Crippen LogP contribution in [-0.4, -0.2) is 17.5 Å². The number of pyridine rings is 1. The molecule has 1 amide bonds. The molecule has 0 saturated carbocycles. The predicted octanol–water partition coefficient (Wildman–Crippen LogP) is 3.77. The maximum Gasteiger partial charge on any atom is 0.255 e. The lowest BCUT2D eigenvalue weighted by molar-refractivity contribution is 0.102. The number of carbonyl (C=O) groups excluding carboxylic acids is 1. The van der Waals surface area contributed by atoms with Crippen molar-refractivity contribution in [2.75, 3.05) is 11.9 Å². The molecule has 0 aliphatic carbocycles. The van der Waals surface area contributed by atoms with Crippen LogP contribution in [0.1, 0.15) is 28.4 Å². The van der Waals surface area contributed by atoms with Gasteiger partial charge in [0.05, 0.1) is 6.61 Å². The Hall–Kier alpha value is -2.07. The number of aromatic nitrogens is 1. The van der Waals surface area contributed by atoms with Gasteiger partial charge < -0.3 is 10.1 Å². The van der Waals surface area contributed by atoms with Gasteiger partial charge in [0, 0.05) is 23.6 Å². The summed E-state index contributed by atoms with van der Waals surface area (Å²) in [6.45, 7) is 6.49. The first-order chi connectivity index (χ1) is 9.61. The first-order valence-corrected chi connectivity index (χ1v) is 6.57. The van der Waals surface area contributed by atoms with Gasteiger partial charge in [0.1, 0.15) is 5.75 Å². The fourth-order valence-electron chi connectivity index (χ4n) is 1.93. The molecule has 0 aliphatic rings. The number of hydrogen-bond donors (Lipinski definition) is 1. The largest absolute Gasteiger partial charge is 0.494 e. The van der Waals surface area contributed by atoms with Crippen molar-refractivity contribution < 1.29 is 9.53 Å². The van der Waals surface area contributed by atoms with Gasteiger partial charge in [-0.3, -0.25) is 9.78 Å². The summed E-state index contributed by atoms with van der Waals surface area (Å²) in [5, 5.41) is 2.91. The number of ether oxygens (including phenoxy) is 1. The van der Waals surface area contributed by atoms with E-state index in [2.05, 4.69) is 10.3 Å². The van der Waals surface area contributed by atoms with Gasteiger partial charge in [-0.25, -0.2) is 0 Å². The standard InChI is InChI=1S/C16H18N2O2.ClH/c1-4-20-15-10-11(2)14(9-12(15)3)18-16(19)13-5-7-17-8-6-13;/h5-10H,4H2,1-3H3,(H,18,19);1H. The molecule has 0 unspecified atom stereocenters. The molecule has 0 spiro atoms. The Bertz CT molecular complexity index is 615. The van der Waals surface area contributed by atoms with Gasteiger partial charge in [-0.1, -0.05) is 0 Å². The molecule has 0 saturated heterocycles. The molecule has 0 radical (unpaired) electrons. The van der Waals surface area contributed by atoms with Crippen molar-refractivity contribution in [3.05, 3.63) is 53.3 Å². The number of halogens is 1. The highest BCUT2D eigenvalue weighted by molar-refractivity contribution is 6.04. The highest BCUT2D eigenvalue weighted by Gasteiger charge is 2.10. The summed E-state index contributed by atoms with van der Waals surface area (Å²) in [5.74, 6) is 0.714. The van der Waals surface area contributed by atoms with Gasteiger partial charge in [0.25, 0.3) is 5.91 Å². The number of hydrogen-bond acceptors (Lipinski definition) is 3. The lowest BCUT2D eigenvalue weighted by Crippen LogP contribution is -2.13. The lowest BCUT2D eigenvalue weighted by atomic mass is 10.1. The molecule has 1 aromatic heterocycles. The van der Waals surface area contributed by atoms with E-state index >= 15 is 0 Å². The molecule has 2 aromatic rings. The predicted molar refractivity (Wildman–Crippen MR) is 86.5 cm³/mol. The number of rotatable bonds is 4. The van der Waals surface area contributed by atoms with E-state index in [9.17, 15) is 4.79 Å². The molecule has 4 nitrogen and oxygen atoms in total. The second-order valence-corrected chi connectivity index (χ2v) is 4.56. The van der Waals surface area contributed by atoms with Crippen LogP contribution in [0.3, 0.4) is 0 Å². The zero-order valence-electron chi connectivity index (χ0n) is 12.3. The lowest BCUT2D eigenvalue weighted by Gasteiger charge is -2.13. The first-order valence-electron chi connectivity index (χ1n) is 6.57. The molecule has 1 N–H and O–H groups in total. The third-order valence-corrected chi connectivity index (χ3v) is 3.01. The van der Waals surface area contributed by atoms with Gasteiger partial charge in [0.2, 0.25) is 0 Å². The Morgan fingerprint density at radius 3 is 2.48 bits per heavy atom. The van der Waals surface area contributed by atoms with Crippen LogP contribution in [-0.2, 0) is 0 Å². The summed E-state index contributed by atoms with van der Waals surface area (Å²) in [4.78, 5) is 16.0. The van der Waals surface area contributed by atoms with Crippen molar-refractivity contribution in [2.24, 2.45) is 0 Å². The molecule has 112 valence electrons. The SMILES string of the molecule is CCOc1cc(C)c(NC(=O)c2ccncc2)cc1C.Cl. The number of nitrogens with one attached hydrogen (secondary N) is 1. The zero-order valence-corrected chi connectivity index (χ0v) is 13.2. The second kappa shape index (κ2) is 7.64. The van der Waals surface area contributed by atoms with Gasteiger partial charge >= 0.3 is 0 Å². The fraction of sp³-hybridized carbons (Fsp3) is 0.250. The first kappa shape index (κ1) is 17.0. The van der Waals surface area contributed by atoms with Crippen molar-refractivity contribution in [1.82, 2.24) is 4.98 Å². The summed E-state index contributed by atoms with van der Waals surface area (Å²) < 4.78 is 5.54. The molecule has 21 heavy (non-hydrogen) atoms. The van der Waals surface area contributed by atoms with Gasteiger partial charge in [-0.2, -0.15) is 0 Å².